The molecule has 2 heteroatoms. The molecule has 0 aliphatic heterocycles. The van der Waals surface area contributed by atoms with E-state index in [9.17, 15) is 4.79 Å². The van der Waals surface area contributed by atoms with Gasteiger partial charge in [-0.25, -0.2) is 0 Å². The Labute approximate surface area is 76.0 Å². The number of hydrogen-bond donors (Lipinski definition) is 0. The minimum atomic E-state index is -0.634. The van der Waals surface area contributed by atoms with E-state index in [4.69, 9.17) is 5.73 Å². The fourth-order valence-electron chi connectivity index (χ4n) is 1.33. The van der Waals surface area contributed by atoms with Gasteiger partial charge in [-0.15, -0.1) is 0 Å². The van der Waals surface area contributed by atoms with Crippen molar-refractivity contribution in [3.8, 4) is 0 Å². The predicted octanol–water partition coefficient (Wildman–Crippen LogP) is 2.26. The summed E-state index contributed by atoms with van der Waals surface area (Å²) in [4.78, 5) is 10.8. The molecular weight excluding hydrogens is 162 g/mol. The van der Waals surface area contributed by atoms with Gasteiger partial charge in [-0.3, -0.25) is 10.5 Å². The second kappa shape index (κ2) is 2.90. The van der Waals surface area contributed by atoms with Gasteiger partial charge >= 0.3 is 0 Å². The lowest BCUT2D eigenvalue weighted by Gasteiger charge is -1.98. The largest absolute Gasteiger partial charge is 0.269 e. The SMILES string of the molecule is [NH]C(=O)c1ccc2ccccc2c1. The molecule has 0 atom stereocenters. The average molecular weight is 170 g/mol. The van der Waals surface area contributed by atoms with Crippen LogP contribution < -0.4 is 5.73 Å². The van der Waals surface area contributed by atoms with E-state index in [-0.39, 0.29) is 0 Å². The van der Waals surface area contributed by atoms with E-state index in [0.717, 1.165) is 10.8 Å². The van der Waals surface area contributed by atoms with Crippen LogP contribution in [-0.4, -0.2) is 5.91 Å². The monoisotopic (exact) mass is 170 g/mol. The van der Waals surface area contributed by atoms with Gasteiger partial charge in [-0.1, -0.05) is 30.3 Å². The molecule has 0 bridgehead atoms. The van der Waals surface area contributed by atoms with Gasteiger partial charge in [0.05, 0.1) is 0 Å². The molecule has 2 rings (SSSR count). The number of nitrogens with one attached hydrogen (secondary N) is 1. The summed E-state index contributed by atoms with van der Waals surface area (Å²) in [7, 11) is 0. The molecule has 2 aromatic rings. The molecule has 0 aromatic heterocycles. The summed E-state index contributed by atoms with van der Waals surface area (Å²) in [5.74, 6) is -0.634. The lowest BCUT2D eigenvalue weighted by atomic mass is 10.1. The Morgan fingerprint density at radius 2 is 1.69 bits per heavy atom. The predicted molar refractivity (Wildman–Crippen MR) is 51.4 cm³/mol. The highest BCUT2D eigenvalue weighted by atomic mass is 16.1. The third-order valence-corrected chi connectivity index (χ3v) is 2.01. The molecule has 0 heterocycles. The molecule has 1 amide bonds. The first kappa shape index (κ1) is 7.80. The van der Waals surface area contributed by atoms with E-state index < -0.39 is 5.91 Å². The number of fused-ring (bicyclic) bond motifs is 1. The molecule has 2 aromatic carbocycles. The summed E-state index contributed by atoms with van der Waals surface area (Å²) in [5.41, 5.74) is 7.40. The van der Waals surface area contributed by atoms with Crippen LogP contribution in [0.5, 0.6) is 0 Å². The van der Waals surface area contributed by atoms with Crippen molar-refractivity contribution in [2.24, 2.45) is 0 Å². The molecular formula is C11H8NO. The van der Waals surface area contributed by atoms with Gasteiger partial charge in [0.15, 0.2) is 0 Å². The number of amides is 1. The highest BCUT2D eigenvalue weighted by Gasteiger charge is 2.00. The van der Waals surface area contributed by atoms with Crippen molar-refractivity contribution in [1.82, 2.24) is 5.73 Å². The normalized spacial score (nSPS) is 10.2. The summed E-state index contributed by atoms with van der Waals surface area (Å²) in [6.45, 7) is 0. The molecule has 0 saturated heterocycles. The molecule has 0 fully saturated rings. The van der Waals surface area contributed by atoms with Crippen LogP contribution in [0, 0.1) is 0 Å². The topological polar surface area (TPSA) is 40.9 Å². The third-order valence-electron chi connectivity index (χ3n) is 2.01. The molecule has 0 aliphatic carbocycles. The lowest BCUT2D eigenvalue weighted by molar-refractivity contribution is 0.0992. The molecule has 1 N–H and O–H groups in total. The zero-order valence-electron chi connectivity index (χ0n) is 6.95. The summed E-state index contributed by atoms with van der Waals surface area (Å²) in [5, 5.41) is 2.09. The maximum Gasteiger partial charge on any atom is 0.269 e. The number of benzene rings is 2. The first-order valence-electron chi connectivity index (χ1n) is 4.02. The molecule has 0 spiro atoms. The molecule has 1 radical (unpaired) electrons. The first-order chi connectivity index (χ1) is 6.27. The van der Waals surface area contributed by atoms with Crippen molar-refractivity contribution < 1.29 is 4.79 Å². The van der Waals surface area contributed by atoms with E-state index in [2.05, 4.69) is 0 Å². The van der Waals surface area contributed by atoms with Gasteiger partial charge in [-0.05, 0) is 22.9 Å². The highest BCUT2D eigenvalue weighted by Crippen LogP contribution is 2.15. The Balaban J connectivity index is 2.69. The summed E-state index contributed by atoms with van der Waals surface area (Å²) in [6.07, 6.45) is 0. The van der Waals surface area contributed by atoms with Crippen LogP contribution in [0.3, 0.4) is 0 Å². The van der Waals surface area contributed by atoms with Gasteiger partial charge in [0.25, 0.3) is 5.91 Å². The zero-order valence-corrected chi connectivity index (χ0v) is 6.95. The smallest absolute Gasteiger partial charge is 0.267 e. The third kappa shape index (κ3) is 1.38. The Morgan fingerprint density at radius 3 is 2.38 bits per heavy atom. The average Bonchev–Trinajstić information content (AvgIpc) is 2.17. The van der Waals surface area contributed by atoms with Crippen LogP contribution in [0.25, 0.3) is 10.8 Å². The van der Waals surface area contributed by atoms with Crippen LogP contribution in [0.1, 0.15) is 10.4 Å². The molecule has 13 heavy (non-hydrogen) atoms. The Hall–Kier alpha value is -1.83. The fourth-order valence-corrected chi connectivity index (χ4v) is 1.33. The standard InChI is InChI=1S/C11H8NO/c12-11(13)10-6-5-8-3-1-2-4-9(8)7-10/h1-7,12H. The summed E-state index contributed by atoms with van der Waals surface area (Å²) >= 11 is 0. The lowest BCUT2D eigenvalue weighted by Crippen LogP contribution is -1.97. The molecule has 0 aliphatic rings. The van der Waals surface area contributed by atoms with Crippen LogP contribution in [0.2, 0.25) is 0 Å². The van der Waals surface area contributed by atoms with Gasteiger partial charge in [0.2, 0.25) is 0 Å². The first-order valence-corrected chi connectivity index (χ1v) is 4.02. The Morgan fingerprint density at radius 1 is 1.00 bits per heavy atom. The Bertz CT molecular complexity index is 462. The van der Waals surface area contributed by atoms with Crippen molar-refractivity contribution in [1.29, 1.82) is 0 Å². The quantitative estimate of drug-likeness (QED) is 0.647. The van der Waals surface area contributed by atoms with E-state index in [1.165, 1.54) is 0 Å². The van der Waals surface area contributed by atoms with Crippen molar-refractivity contribution in [2.45, 2.75) is 0 Å². The minimum absolute atomic E-state index is 0.443. The molecule has 2 nitrogen and oxygen atoms in total. The number of carbonyl (C=O) groups is 1. The number of rotatable bonds is 1. The summed E-state index contributed by atoms with van der Waals surface area (Å²) in [6, 6.07) is 13.1. The van der Waals surface area contributed by atoms with Crippen LogP contribution in [-0.2, 0) is 0 Å². The minimum Gasteiger partial charge on any atom is -0.267 e. The van der Waals surface area contributed by atoms with E-state index >= 15 is 0 Å². The zero-order chi connectivity index (χ0) is 9.26. The van der Waals surface area contributed by atoms with Gasteiger partial charge in [0.1, 0.15) is 0 Å². The van der Waals surface area contributed by atoms with Crippen molar-refractivity contribution in [3.63, 3.8) is 0 Å². The number of carbonyl (C=O) groups excluding carboxylic acids is 1. The highest BCUT2D eigenvalue weighted by molar-refractivity contribution is 5.97. The van der Waals surface area contributed by atoms with Crippen molar-refractivity contribution in [3.05, 3.63) is 48.0 Å². The van der Waals surface area contributed by atoms with Gasteiger partial charge in [-0.2, -0.15) is 0 Å². The molecule has 0 unspecified atom stereocenters. The maximum absolute atomic E-state index is 10.8. The van der Waals surface area contributed by atoms with Gasteiger partial charge in [0, 0.05) is 5.56 Å². The van der Waals surface area contributed by atoms with E-state index in [1.807, 2.05) is 30.3 Å². The van der Waals surface area contributed by atoms with Crippen LogP contribution >= 0.6 is 0 Å². The van der Waals surface area contributed by atoms with E-state index in [0.29, 0.717) is 5.56 Å². The van der Waals surface area contributed by atoms with Crippen LogP contribution in [0.4, 0.5) is 0 Å². The van der Waals surface area contributed by atoms with Gasteiger partial charge < -0.3 is 0 Å². The second-order valence-corrected chi connectivity index (χ2v) is 2.89. The Kier molecular flexibility index (Phi) is 1.74. The molecule has 0 saturated carbocycles. The fraction of sp³-hybridized carbons (Fsp3) is 0. The van der Waals surface area contributed by atoms with Crippen molar-refractivity contribution >= 4 is 16.7 Å². The number of hydrogen-bond acceptors (Lipinski definition) is 1. The van der Waals surface area contributed by atoms with Crippen LogP contribution in [0.15, 0.2) is 42.5 Å². The van der Waals surface area contributed by atoms with E-state index in [1.54, 1.807) is 12.1 Å². The van der Waals surface area contributed by atoms with Crippen molar-refractivity contribution in [2.75, 3.05) is 0 Å². The second-order valence-electron chi connectivity index (χ2n) is 2.89. The summed E-state index contributed by atoms with van der Waals surface area (Å²) < 4.78 is 0. The maximum atomic E-state index is 10.8. The molecule has 63 valence electrons.